The van der Waals surface area contributed by atoms with Gasteiger partial charge in [-0.25, -0.2) is 9.97 Å². The van der Waals surface area contributed by atoms with Crippen molar-refractivity contribution in [3.63, 3.8) is 0 Å². The van der Waals surface area contributed by atoms with E-state index in [0.29, 0.717) is 25.2 Å². The summed E-state index contributed by atoms with van der Waals surface area (Å²) >= 11 is 0. The molecule has 4 N–H and O–H groups in total. The summed E-state index contributed by atoms with van der Waals surface area (Å²) in [6.07, 6.45) is 7.59. The molecule has 7 nitrogen and oxygen atoms in total. The van der Waals surface area contributed by atoms with Crippen LogP contribution in [-0.2, 0) is 4.79 Å². The van der Waals surface area contributed by atoms with Crippen molar-refractivity contribution in [1.82, 2.24) is 14.4 Å². The number of hydrogen-bond donors (Lipinski definition) is 3. The Morgan fingerprint density at radius 2 is 2.25 bits per heavy atom. The fraction of sp³-hybridized carbons (Fsp3) is 0.462. The lowest BCUT2D eigenvalue weighted by Crippen LogP contribution is -2.14. The largest absolute Gasteiger partial charge is 0.370 e. The van der Waals surface area contributed by atoms with Crippen molar-refractivity contribution in [3.05, 3.63) is 18.6 Å². The summed E-state index contributed by atoms with van der Waals surface area (Å²) in [7, 11) is 0. The number of nitrogens with zero attached hydrogens (tertiary/aromatic N) is 3. The van der Waals surface area contributed by atoms with Crippen LogP contribution in [0.5, 0.6) is 0 Å². The van der Waals surface area contributed by atoms with Gasteiger partial charge in [0, 0.05) is 31.9 Å². The molecule has 20 heavy (non-hydrogen) atoms. The third-order valence-corrected chi connectivity index (χ3v) is 2.82. The number of rotatable bonds is 8. The van der Waals surface area contributed by atoms with Crippen LogP contribution in [0.15, 0.2) is 18.6 Å². The second-order valence-corrected chi connectivity index (χ2v) is 4.56. The topological polar surface area (TPSA) is 97.3 Å². The van der Waals surface area contributed by atoms with E-state index in [9.17, 15) is 4.79 Å². The third kappa shape index (κ3) is 3.59. The zero-order chi connectivity index (χ0) is 14.4. The molecule has 0 saturated carbocycles. The van der Waals surface area contributed by atoms with Gasteiger partial charge in [-0.1, -0.05) is 6.92 Å². The summed E-state index contributed by atoms with van der Waals surface area (Å²) in [5.41, 5.74) is 5.89. The van der Waals surface area contributed by atoms with Gasteiger partial charge in [-0.05, 0) is 12.8 Å². The van der Waals surface area contributed by atoms with Gasteiger partial charge in [-0.15, -0.1) is 0 Å². The summed E-state index contributed by atoms with van der Waals surface area (Å²) in [6, 6.07) is 0. The van der Waals surface area contributed by atoms with Gasteiger partial charge in [0.05, 0.1) is 6.20 Å². The molecule has 0 aromatic carbocycles. The number of anilines is 2. The molecule has 0 aliphatic carbocycles. The molecule has 0 radical (unpaired) electrons. The molecule has 108 valence electrons. The number of carbonyl (C=O) groups excluding carboxylic acids is 1. The minimum Gasteiger partial charge on any atom is -0.370 e. The Morgan fingerprint density at radius 1 is 1.40 bits per heavy atom. The number of nitrogens with two attached hydrogens (primary N) is 1. The molecule has 0 aliphatic heterocycles. The molecule has 0 aliphatic rings. The number of fused-ring (bicyclic) bond motifs is 1. The summed E-state index contributed by atoms with van der Waals surface area (Å²) in [6.45, 7) is 3.61. The first-order valence-corrected chi connectivity index (χ1v) is 6.80. The Hall–Kier alpha value is -2.31. The van der Waals surface area contributed by atoms with Crippen LogP contribution in [0.3, 0.4) is 0 Å². The first-order chi connectivity index (χ1) is 9.70. The highest BCUT2D eigenvalue weighted by atomic mass is 16.1. The molecule has 2 rings (SSSR count). The number of aromatic nitrogens is 3. The van der Waals surface area contributed by atoms with Crippen LogP contribution in [0.2, 0.25) is 0 Å². The molecule has 2 heterocycles. The second-order valence-electron chi connectivity index (χ2n) is 4.56. The first-order valence-electron chi connectivity index (χ1n) is 6.80. The molecule has 2 aromatic heterocycles. The zero-order valence-electron chi connectivity index (χ0n) is 11.6. The van der Waals surface area contributed by atoms with Crippen molar-refractivity contribution >= 4 is 23.2 Å². The highest BCUT2D eigenvalue weighted by Crippen LogP contribution is 2.16. The Morgan fingerprint density at radius 3 is 3.00 bits per heavy atom. The minimum absolute atomic E-state index is 0.288. The van der Waals surface area contributed by atoms with Gasteiger partial charge in [0.2, 0.25) is 5.91 Å². The number of imidazole rings is 1. The average Bonchev–Trinajstić information content (AvgIpc) is 2.89. The molecule has 0 fully saturated rings. The van der Waals surface area contributed by atoms with Gasteiger partial charge >= 0.3 is 0 Å². The van der Waals surface area contributed by atoms with E-state index in [1.165, 1.54) is 0 Å². The van der Waals surface area contributed by atoms with Crippen LogP contribution in [0.25, 0.3) is 5.65 Å². The molecule has 0 spiro atoms. The lowest BCUT2D eigenvalue weighted by Gasteiger charge is -2.10. The fourth-order valence-electron chi connectivity index (χ4n) is 1.86. The molecule has 0 saturated heterocycles. The van der Waals surface area contributed by atoms with E-state index >= 15 is 0 Å². The van der Waals surface area contributed by atoms with E-state index in [1.807, 2.05) is 16.8 Å². The molecular formula is C13H20N6O. The molecule has 0 bridgehead atoms. The maximum absolute atomic E-state index is 10.7. The van der Waals surface area contributed by atoms with Gasteiger partial charge in [-0.2, -0.15) is 0 Å². The van der Waals surface area contributed by atoms with Crippen molar-refractivity contribution in [2.24, 2.45) is 5.73 Å². The van der Waals surface area contributed by atoms with E-state index in [4.69, 9.17) is 5.73 Å². The maximum Gasteiger partial charge on any atom is 0.217 e. The van der Waals surface area contributed by atoms with Gasteiger partial charge in [-0.3, -0.25) is 4.79 Å². The minimum atomic E-state index is -0.288. The number of nitrogens with one attached hydrogen (secondary N) is 2. The smallest absolute Gasteiger partial charge is 0.217 e. The van der Waals surface area contributed by atoms with E-state index in [1.54, 1.807) is 6.20 Å². The van der Waals surface area contributed by atoms with Crippen LogP contribution in [-0.4, -0.2) is 33.4 Å². The quantitative estimate of drug-likeness (QED) is 0.630. The highest BCUT2D eigenvalue weighted by molar-refractivity contribution is 5.73. The molecular weight excluding hydrogens is 256 g/mol. The maximum atomic E-state index is 10.7. The van der Waals surface area contributed by atoms with Crippen molar-refractivity contribution in [1.29, 1.82) is 0 Å². The van der Waals surface area contributed by atoms with E-state index in [-0.39, 0.29) is 5.91 Å². The van der Waals surface area contributed by atoms with Crippen molar-refractivity contribution in [2.75, 3.05) is 23.7 Å². The lowest BCUT2D eigenvalue weighted by atomic mass is 10.3. The molecule has 2 aromatic rings. The standard InChI is InChI=1S/C13H20N6O/c1-2-5-15-11-9-19-8-7-17-13(19)12(18-11)16-6-3-4-10(14)20/h7-9,15H,2-6H2,1H3,(H2,14,20)(H,16,18). The SMILES string of the molecule is CCCNc1cn2ccnc2c(NCCCC(N)=O)n1. The fourth-order valence-corrected chi connectivity index (χ4v) is 1.86. The van der Waals surface area contributed by atoms with E-state index in [2.05, 4.69) is 27.5 Å². The van der Waals surface area contributed by atoms with Crippen LogP contribution < -0.4 is 16.4 Å². The predicted molar refractivity (Wildman–Crippen MR) is 78.7 cm³/mol. The van der Waals surface area contributed by atoms with Crippen LogP contribution in [0.4, 0.5) is 11.6 Å². The third-order valence-electron chi connectivity index (χ3n) is 2.82. The molecule has 0 unspecified atom stereocenters. The van der Waals surface area contributed by atoms with Crippen LogP contribution in [0.1, 0.15) is 26.2 Å². The van der Waals surface area contributed by atoms with Crippen LogP contribution in [0, 0.1) is 0 Å². The van der Waals surface area contributed by atoms with Gasteiger partial charge < -0.3 is 20.8 Å². The Balaban J connectivity index is 2.08. The van der Waals surface area contributed by atoms with Crippen molar-refractivity contribution in [2.45, 2.75) is 26.2 Å². The van der Waals surface area contributed by atoms with E-state index in [0.717, 1.165) is 24.4 Å². The number of hydrogen-bond acceptors (Lipinski definition) is 5. The number of carbonyl (C=O) groups is 1. The predicted octanol–water partition coefficient (Wildman–Crippen LogP) is 1.23. The van der Waals surface area contributed by atoms with Crippen molar-refractivity contribution < 1.29 is 4.79 Å². The molecule has 1 amide bonds. The number of primary amides is 1. The van der Waals surface area contributed by atoms with Gasteiger partial charge in [0.15, 0.2) is 11.5 Å². The van der Waals surface area contributed by atoms with E-state index < -0.39 is 0 Å². The summed E-state index contributed by atoms with van der Waals surface area (Å²) in [5.74, 6) is 1.22. The molecule has 0 atom stereocenters. The van der Waals surface area contributed by atoms with Crippen molar-refractivity contribution in [3.8, 4) is 0 Å². The summed E-state index contributed by atoms with van der Waals surface area (Å²) in [4.78, 5) is 19.5. The van der Waals surface area contributed by atoms with Crippen LogP contribution >= 0.6 is 0 Å². The Bertz CT molecular complexity index is 579. The average molecular weight is 276 g/mol. The summed E-state index contributed by atoms with van der Waals surface area (Å²) < 4.78 is 1.92. The number of amides is 1. The van der Waals surface area contributed by atoms with Gasteiger partial charge in [0.1, 0.15) is 5.82 Å². The van der Waals surface area contributed by atoms with Gasteiger partial charge in [0.25, 0.3) is 0 Å². The summed E-state index contributed by atoms with van der Waals surface area (Å²) in [5, 5.41) is 6.46. The monoisotopic (exact) mass is 276 g/mol. The Labute approximate surface area is 117 Å². The Kier molecular flexibility index (Phi) is 4.75. The second kappa shape index (κ2) is 6.74. The molecule has 7 heteroatoms. The lowest BCUT2D eigenvalue weighted by molar-refractivity contribution is -0.118. The normalized spacial score (nSPS) is 10.7. The highest BCUT2D eigenvalue weighted by Gasteiger charge is 2.07. The zero-order valence-corrected chi connectivity index (χ0v) is 11.6. The first kappa shape index (κ1) is 14.1.